The van der Waals surface area contributed by atoms with Gasteiger partial charge in [0.1, 0.15) is 0 Å². The van der Waals surface area contributed by atoms with E-state index in [1.54, 1.807) is 12.1 Å². The molecule has 0 aliphatic carbocycles. The van der Waals surface area contributed by atoms with Crippen molar-refractivity contribution in [1.82, 2.24) is 14.9 Å². The first-order valence-corrected chi connectivity index (χ1v) is 10.7. The van der Waals surface area contributed by atoms with Crippen LogP contribution in [0.15, 0.2) is 34.2 Å². The molecule has 0 aromatic heterocycles. The largest absolute Gasteiger partial charge is 0.357 e. The zero-order chi connectivity index (χ0) is 19.6. The van der Waals surface area contributed by atoms with Gasteiger partial charge in [-0.3, -0.25) is 0 Å². The van der Waals surface area contributed by atoms with Crippen LogP contribution in [-0.4, -0.2) is 45.9 Å². The molecule has 0 unspecified atom stereocenters. The van der Waals surface area contributed by atoms with Crippen molar-refractivity contribution in [2.75, 3.05) is 27.2 Å². The summed E-state index contributed by atoms with van der Waals surface area (Å²) in [6.45, 7) is 8.74. The topological polar surface area (TPSA) is 73.8 Å². The number of hydrogen-bond donors (Lipinski definition) is 2. The molecule has 0 atom stereocenters. The van der Waals surface area contributed by atoms with Gasteiger partial charge in [-0.15, -0.1) is 24.0 Å². The maximum Gasteiger partial charge on any atom is 0.242 e. The average Bonchev–Trinajstić information content (AvgIpc) is 2.59. The van der Waals surface area contributed by atoms with Crippen LogP contribution < -0.4 is 10.6 Å². The van der Waals surface area contributed by atoms with Crippen LogP contribution in [0.5, 0.6) is 0 Å². The van der Waals surface area contributed by atoms with Gasteiger partial charge < -0.3 is 10.6 Å². The zero-order valence-corrected chi connectivity index (χ0v) is 20.3. The zero-order valence-electron chi connectivity index (χ0n) is 17.2. The summed E-state index contributed by atoms with van der Waals surface area (Å²) in [5, 5.41) is 6.59. The summed E-state index contributed by atoms with van der Waals surface area (Å²) >= 11 is 0. The van der Waals surface area contributed by atoms with E-state index in [4.69, 9.17) is 0 Å². The normalized spacial score (nSPS) is 12.2. The smallest absolute Gasteiger partial charge is 0.242 e. The first-order valence-electron chi connectivity index (χ1n) is 9.31. The Hall–Kier alpha value is -0.870. The highest BCUT2D eigenvalue weighted by Gasteiger charge is 2.16. The number of hydrogen-bond acceptors (Lipinski definition) is 3. The van der Waals surface area contributed by atoms with E-state index in [-0.39, 0.29) is 24.0 Å². The van der Waals surface area contributed by atoms with Crippen LogP contribution >= 0.6 is 24.0 Å². The average molecular weight is 510 g/mol. The second-order valence-electron chi connectivity index (χ2n) is 6.94. The van der Waals surface area contributed by atoms with E-state index >= 15 is 0 Å². The second kappa shape index (κ2) is 13.3. The molecule has 1 aromatic rings. The van der Waals surface area contributed by atoms with Gasteiger partial charge in [-0.2, -0.15) is 0 Å². The Labute approximate surface area is 182 Å². The summed E-state index contributed by atoms with van der Waals surface area (Å²) < 4.78 is 25.4. The van der Waals surface area contributed by atoms with Gasteiger partial charge in [-0.05, 0) is 37.0 Å². The van der Waals surface area contributed by atoms with E-state index in [1.807, 2.05) is 19.1 Å². The molecule has 1 rings (SSSR count). The standard InChI is InChI=1S/C19H34N4O2S.HI/c1-6-20-19(21-14-8-7-9-16(2)3)22-15-17-10-12-18(13-11-17)26(24,25)23(4)5;/h10-13,16H,6-9,14-15H2,1-5H3,(H2,20,21,22);1H. The van der Waals surface area contributed by atoms with E-state index < -0.39 is 10.0 Å². The van der Waals surface area contributed by atoms with Crippen molar-refractivity contribution in [2.45, 2.75) is 51.5 Å². The number of nitrogens with one attached hydrogen (secondary N) is 2. The molecule has 0 radical (unpaired) electrons. The lowest BCUT2D eigenvalue weighted by Crippen LogP contribution is -2.37. The Kier molecular flexibility index (Phi) is 12.9. The molecule has 0 fully saturated rings. The fourth-order valence-electron chi connectivity index (χ4n) is 2.37. The Morgan fingerprint density at radius 3 is 2.26 bits per heavy atom. The fourth-order valence-corrected chi connectivity index (χ4v) is 3.28. The summed E-state index contributed by atoms with van der Waals surface area (Å²) in [5.74, 6) is 1.54. The number of benzene rings is 1. The molecular weight excluding hydrogens is 475 g/mol. The molecule has 0 aliphatic heterocycles. The lowest BCUT2D eigenvalue weighted by molar-refractivity contribution is 0.520. The number of nitrogens with zero attached hydrogens (tertiary/aromatic N) is 2. The van der Waals surface area contributed by atoms with E-state index in [0.29, 0.717) is 11.4 Å². The van der Waals surface area contributed by atoms with Gasteiger partial charge in [-0.25, -0.2) is 17.7 Å². The van der Waals surface area contributed by atoms with Crippen molar-refractivity contribution < 1.29 is 8.42 Å². The number of unbranched alkanes of at least 4 members (excludes halogenated alkanes) is 1. The number of halogens is 1. The summed E-state index contributed by atoms with van der Waals surface area (Å²) in [7, 11) is -0.323. The predicted octanol–water partition coefficient (Wildman–Crippen LogP) is 3.44. The van der Waals surface area contributed by atoms with Gasteiger partial charge in [0, 0.05) is 27.2 Å². The van der Waals surface area contributed by atoms with Crippen molar-refractivity contribution in [3.05, 3.63) is 29.8 Å². The van der Waals surface area contributed by atoms with Crippen molar-refractivity contribution in [1.29, 1.82) is 0 Å². The van der Waals surface area contributed by atoms with E-state index in [0.717, 1.165) is 37.0 Å². The predicted molar refractivity (Wildman–Crippen MR) is 124 cm³/mol. The second-order valence-corrected chi connectivity index (χ2v) is 9.09. The Morgan fingerprint density at radius 1 is 1.11 bits per heavy atom. The third kappa shape index (κ3) is 9.75. The SMILES string of the molecule is CCNC(=NCc1ccc(S(=O)(=O)N(C)C)cc1)NCCCCC(C)C.I. The first kappa shape index (κ1) is 26.1. The monoisotopic (exact) mass is 510 g/mol. The molecule has 27 heavy (non-hydrogen) atoms. The maximum atomic E-state index is 12.1. The van der Waals surface area contributed by atoms with Crippen LogP contribution in [0, 0.1) is 5.92 Å². The van der Waals surface area contributed by atoms with E-state index in [2.05, 4.69) is 29.5 Å². The number of guanidine groups is 1. The summed E-state index contributed by atoms with van der Waals surface area (Å²) in [6.07, 6.45) is 3.59. The van der Waals surface area contributed by atoms with Crippen molar-refractivity contribution in [3.8, 4) is 0 Å². The molecule has 0 amide bonds. The molecule has 156 valence electrons. The van der Waals surface area contributed by atoms with E-state index in [1.165, 1.54) is 31.2 Å². The van der Waals surface area contributed by atoms with Crippen molar-refractivity contribution >= 4 is 40.0 Å². The van der Waals surface area contributed by atoms with Crippen molar-refractivity contribution in [3.63, 3.8) is 0 Å². The Morgan fingerprint density at radius 2 is 1.74 bits per heavy atom. The van der Waals surface area contributed by atoms with Crippen LogP contribution in [0.3, 0.4) is 0 Å². The van der Waals surface area contributed by atoms with Crippen LogP contribution in [-0.2, 0) is 16.6 Å². The molecule has 0 saturated carbocycles. The van der Waals surface area contributed by atoms with Crippen LogP contribution in [0.25, 0.3) is 0 Å². The molecule has 0 aliphatic rings. The molecule has 0 saturated heterocycles. The third-order valence-corrected chi connectivity index (χ3v) is 5.80. The minimum atomic E-state index is -3.38. The molecule has 0 bridgehead atoms. The lowest BCUT2D eigenvalue weighted by atomic mass is 10.1. The maximum absolute atomic E-state index is 12.1. The van der Waals surface area contributed by atoms with Gasteiger partial charge in [0.2, 0.25) is 10.0 Å². The molecular formula is C19H35IN4O2S. The minimum Gasteiger partial charge on any atom is -0.357 e. The van der Waals surface area contributed by atoms with Gasteiger partial charge in [0.25, 0.3) is 0 Å². The highest BCUT2D eigenvalue weighted by atomic mass is 127. The Bertz CT molecular complexity index is 659. The van der Waals surface area contributed by atoms with Gasteiger partial charge in [-0.1, -0.05) is 38.8 Å². The first-order chi connectivity index (χ1) is 12.3. The minimum absolute atomic E-state index is 0. The van der Waals surface area contributed by atoms with Crippen LogP contribution in [0.2, 0.25) is 0 Å². The molecule has 1 aromatic carbocycles. The molecule has 6 nitrogen and oxygen atoms in total. The van der Waals surface area contributed by atoms with Gasteiger partial charge in [0.15, 0.2) is 5.96 Å². The fraction of sp³-hybridized carbons (Fsp3) is 0.632. The summed E-state index contributed by atoms with van der Waals surface area (Å²) in [6, 6.07) is 6.89. The molecule has 8 heteroatoms. The highest BCUT2D eigenvalue weighted by Crippen LogP contribution is 2.14. The number of sulfonamides is 1. The van der Waals surface area contributed by atoms with Crippen molar-refractivity contribution in [2.24, 2.45) is 10.9 Å². The van der Waals surface area contributed by atoms with Crippen LogP contribution in [0.4, 0.5) is 0 Å². The lowest BCUT2D eigenvalue weighted by Gasteiger charge is -2.12. The van der Waals surface area contributed by atoms with Crippen LogP contribution in [0.1, 0.15) is 45.6 Å². The van der Waals surface area contributed by atoms with Gasteiger partial charge >= 0.3 is 0 Å². The molecule has 0 spiro atoms. The number of aliphatic imine (C=N–C) groups is 1. The highest BCUT2D eigenvalue weighted by molar-refractivity contribution is 14.0. The quantitative estimate of drug-likeness (QED) is 0.219. The van der Waals surface area contributed by atoms with E-state index in [9.17, 15) is 8.42 Å². The summed E-state index contributed by atoms with van der Waals surface area (Å²) in [5.41, 5.74) is 0.972. The Balaban J connectivity index is 0.00000676. The summed E-state index contributed by atoms with van der Waals surface area (Å²) in [4.78, 5) is 4.87. The molecule has 0 heterocycles. The molecule has 2 N–H and O–H groups in total. The van der Waals surface area contributed by atoms with Gasteiger partial charge in [0.05, 0.1) is 11.4 Å². The number of rotatable bonds is 10. The third-order valence-electron chi connectivity index (χ3n) is 3.97.